The van der Waals surface area contributed by atoms with Gasteiger partial charge in [0.15, 0.2) is 0 Å². The van der Waals surface area contributed by atoms with Gasteiger partial charge in [0.25, 0.3) is 0 Å². The predicted octanol–water partition coefficient (Wildman–Crippen LogP) is 15.0. The van der Waals surface area contributed by atoms with Gasteiger partial charge < -0.3 is 24.8 Å². The summed E-state index contributed by atoms with van der Waals surface area (Å²) in [5.74, 6) is 2.72. The summed E-state index contributed by atoms with van der Waals surface area (Å²) in [7, 11) is 0. The summed E-state index contributed by atoms with van der Waals surface area (Å²) in [6.45, 7) is 26.6. The third-order valence-electron chi connectivity index (χ3n) is 14.8. The van der Waals surface area contributed by atoms with Crippen molar-refractivity contribution in [2.24, 2.45) is 23.7 Å². The van der Waals surface area contributed by atoms with Gasteiger partial charge in [-0.15, -0.1) is 92.3 Å². The maximum atomic E-state index is 3.29. The molecule has 2 aliphatic rings. The molecule has 12 rings (SSSR count). The van der Waals surface area contributed by atoms with E-state index in [9.17, 15) is 0 Å². The molecule has 10 aromatic rings. The quantitative estimate of drug-likeness (QED) is 0.133. The number of benzene rings is 8. The van der Waals surface area contributed by atoms with Crippen molar-refractivity contribution in [3.8, 4) is 0 Å². The number of rotatable bonds is 8. The first kappa shape index (κ1) is 67.3. The first-order valence-electron chi connectivity index (χ1n) is 28.6. The van der Waals surface area contributed by atoms with E-state index in [2.05, 4.69) is 314 Å². The number of hydrogen-bond donors (Lipinski definition) is 0. The molecule has 0 heterocycles. The Balaban J connectivity index is 0.000000180. The molecule has 82 heavy (non-hydrogen) atoms. The molecular formula is C78H80Cl2Zr2-2. The van der Waals surface area contributed by atoms with E-state index >= 15 is 0 Å². The van der Waals surface area contributed by atoms with Crippen molar-refractivity contribution in [2.45, 2.75) is 95.9 Å². The van der Waals surface area contributed by atoms with E-state index < -0.39 is 0 Å². The van der Waals surface area contributed by atoms with Crippen LogP contribution in [0.1, 0.15) is 113 Å². The van der Waals surface area contributed by atoms with Gasteiger partial charge in [-0.05, 0) is 39.5 Å². The van der Waals surface area contributed by atoms with Gasteiger partial charge in [0, 0.05) is 0 Å². The first-order valence-corrected chi connectivity index (χ1v) is 31.1. The normalized spacial score (nSPS) is 12.2. The number of halogens is 2. The fourth-order valence-corrected chi connectivity index (χ4v) is 12.0. The molecule has 0 fully saturated rings. The molecule has 0 aromatic heterocycles. The number of aryl methyl sites for hydroxylation is 4. The standard InChI is InChI=1S/2C15H13.2C13H10.2C11H17.2ClH.2Zr/c2*1-10-3-5-14-12(7-10)9-13-8-11(2)4-6-15(13)14;2*1-3-7-12(8-4-1)11-13-9-5-2-6-10-13;2*1-8(2)10-6-5-7-11(10)9(3)4;;;;/h2*3-9H,1-2H3;2*1-10H;2*6,8-9H,7H2,1-4H3;2*1H;;/q2*-1;;;2*-1;;;2*+2/p-2. The summed E-state index contributed by atoms with van der Waals surface area (Å²) in [6, 6.07) is 73.4. The third-order valence-corrected chi connectivity index (χ3v) is 17.6. The minimum absolute atomic E-state index is 0. The van der Waals surface area contributed by atoms with E-state index in [-0.39, 0.29) is 24.8 Å². The Kier molecular flexibility index (Phi) is 27.2. The molecule has 0 unspecified atom stereocenters. The Morgan fingerprint density at radius 2 is 0.573 bits per heavy atom. The SMILES string of the molecule is CC(C)C1=C(C(C)C)C[C-]=C1.CC(C)C1=C(C(C)C)C[C-]=C1.Cc1ccc2c(c1)[cH-]c1cc(C)ccc12.Cc1ccc2c(c1)[cH-]c1cc(C)ccc12.[Cl-].[Cl-].[Zr+2]=[C](c1ccccc1)c1ccccc1.[Zr+2]=[C](c1ccccc1)c1ccccc1. The van der Waals surface area contributed by atoms with Gasteiger partial charge in [0.1, 0.15) is 0 Å². The summed E-state index contributed by atoms with van der Waals surface area (Å²) >= 11 is 2.92. The van der Waals surface area contributed by atoms with Crippen molar-refractivity contribution < 1.29 is 73.3 Å². The van der Waals surface area contributed by atoms with E-state index in [4.69, 9.17) is 0 Å². The molecular weight excluding hydrogens is 1190 g/mol. The van der Waals surface area contributed by atoms with Gasteiger partial charge in [-0.25, -0.2) is 12.2 Å². The Hall–Kier alpha value is -5.45. The molecule has 0 aliphatic heterocycles. The van der Waals surface area contributed by atoms with Crippen molar-refractivity contribution in [1.82, 2.24) is 0 Å². The molecule has 0 bridgehead atoms. The monoisotopic (exact) mass is 1270 g/mol. The third kappa shape index (κ3) is 18.8. The molecule has 0 nitrogen and oxygen atoms in total. The van der Waals surface area contributed by atoms with Gasteiger partial charge >= 0.3 is 198 Å². The molecule has 0 spiro atoms. The molecule has 4 heteroatoms. The second kappa shape index (κ2) is 33.1. The topological polar surface area (TPSA) is 0 Å². The van der Waals surface area contributed by atoms with E-state index in [0.717, 1.165) is 12.8 Å². The second-order valence-electron chi connectivity index (χ2n) is 22.5. The number of allylic oxidation sites excluding steroid dienone is 8. The molecule has 0 atom stereocenters. The maximum absolute atomic E-state index is 3.29. The molecule has 0 saturated heterocycles. The van der Waals surface area contributed by atoms with Crippen LogP contribution < -0.4 is 24.8 Å². The van der Waals surface area contributed by atoms with Crippen LogP contribution in [0.5, 0.6) is 0 Å². The van der Waals surface area contributed by atoms with Gasteiger partial charge in [0.05, 0.1) is 0 Å². The van der Waals surface area contributed by atoms with Gasteiger partial charge in [-0.2, -0.15) is 22.3 Å². The van der Waals surface area contributed by atoms with Crippen molar-refractivity contribution in [2.75, 3.05) is 0 Å². The molecule has 0 saturated carbocycles. The van der Waals surface area contributed by atoms with Gasteiger partial charge in [-0.3, -0.25) is 12.2 Å². The zero-order valence-electron chi connectivity index (χ0n) is 50.3. The van der Waals surface area contributed by atoms with Crippen LogP contribution in [-0.2, 0) is 48.5 Å². The zero-order valence-corrected chi connectivity index (χ0v) is 56.7. The average molecular weight is 1270 g/mol. The zero-order chi connectivity index (χ0) is 57.3. The molecule has 416 valence electrons. The van der Waals surface area contributed by atoms with Crippen LogP contribution in [-0.4, -0.2) is 6.41 Å². The Labute approximate surface area is 534 Å². The molecule has 0 N–H and O–H groups in total. The van der Waals surface area contributed by atoms with Crippen molar-refractivity contribution >= 4 is 49.5 Å². The summed E-state index contributed by atoms with van der Waals surface area (Å²) in [5, 5.41) is 10.9. The summed E-state index contributed by atoms with van der Waals surface area (Å²) in [5.41, 5.74) is 16.8. The summed E-state index contributed by atoms with van der Waals surface area (Å²) in [6.07, 6.45) is 13.0. The van der Waals surface area contributed by atoms with Crippen LogP contribution in [0.3, 0.4) is 0 Å². The fourth-order valence-electron chi connectivity index (χ4n) is 10.4. The number of fused-ring (bicyclic) bond motifs is 6. The van der Waals surface area contributed by atoms with E-state index in [1.165, 1.54) is 154 Å². The van der Waals surface area contributed by atoms with Crippen LogP contribution in [0.4, 0.5) is 0 Å². The second-order valence-corrected chi connectivity index (χ2v) is 25.0. The average Bonchev–Trinajstić information content (AvgIpc) is 4.30. The van der Waals surface area contributed by atoms with Crippen molar-refractivity contribution in [3.05, 3.63) is 297 Å². The van der Waals surface area contributed by atoms with Crippen molar-refractivity contribution in [3.63, 3.8) is 0 Å². The molecule has 0 radical (unpaired) electrons. The molecule has 2 aliphatic carbocycles. The van der Waals surface area contributed by atoms with Crippen LogP contribution in [0.25, 0.3) is 43.1 Å². The van der Waals surface area contributed by atoms with Crippen LogP contribution >= 0.6 is 0 Å². The Morgan fingerprint density at radius 1 is 0.341 bits per heavy atom. The summed E-state index contributed by atoms with van der Waals surface area (Å²) in [4.78, 5) is 0. The number of hydrogen-bond acceptors (Lipinski definition) is 0. The van der Waals surface area contributed by atoms with E-state index in [1.807, 2.05) is 0 Å². The van der Waals surface area contributed by atoms with Crippen LogP contribution in [0.2, 0.25) is 0 Å². The Bertz CT molecular complexity index is 3320. The summed E-state index contributed by atoms with van der Waals surface area (Å²) < 4.78 is 2.83. The van der Waals surface area contributed by atoms with Gasteiger partial charge in [-0.1, -0.05) is 138 Å². The van der Waals surface area contributed by atoms with E-state index in [0.29, 0.717) is 23.7 Å². The first-order chi connectivity index (χ1) is 38.5. The van der Waals surface area contributed by atoms with Crippen LogP contribution in [0.15, 0.2) is 241 Å². The fraction of sp³-hybridized carbons (Fsp3) is 0.231. The minimum atomic E-state index is 0. The van der Waals surface area contributed by atoms with E-state index in [1.54, 1.807) is 11.1 Å². The van der Waals surface area contributed by atoms with Crippen LogP contribution in [0, 0.1) is 63.5 Å². The van der Waals surface area contributed by atoms with Crippen molar-refractivity contribution in [1.29, 1.82) is 0 Å². The van der Waals surface area contributed by atoms with Gasteiger partial charge in [0.2, 0.25) is 0 Å². The molecule has 10 aromatic carbocycles. The molecule has 0 amide bonds. The predicted molar refractivity (Wildman–Crippen MR) is 343 cm³/mol. The Morgan fingerprint density at radius 3 is 0.768 bits per heavy atom.